The van der Waals surface area contributed by atoms with Crippen molar-refractivity contribution in [3.05, 3.63) is 24.0 Å². The number of nitrogens with zero attached hydrogens (tertiary/aromatic N) is 1. The van der Waals surface area contributed by atoms with Gasteiger partial charge in [0.05, 0.1) is 11.4 Å². The van der Waals surface area contributed by atoms with Crippen LogP contribution in [0.5, 0.6) is 0 Å². The molecule has 0 spiro atoms. The highest BCUT2D eigenvalue weighted by Crippen LogP contribution is 2.21. The molecule has 1 aliphatic rings. The molecule has 0 aromatic carbocycles. The van der Waals surface area contributed by atoms with Crippen LogP contribution < -0.4 is 5.32 Å². The van der Waals surface area contributed by atoms with Crippen molar-refractivity contribution in [2.24, 2.45) is 0 Å². The highest BCUT2D eigenvalue weighted by atomic mass is 14.9. The molecule has 0 aliphatic heterocycles. The van der Waals surface area contributed by atoms with E-state index in [4.69, 9.17) is 0 Å². The van der Waals surface area contributed by atoms with Gasteiger partial charge in [0.1, 0.15) is 0 Å². The van der Waals surface area contributed by atoms with Gasteiger partial charge in [-0.25, -0.2) is 0 Å². The van der Waals surface area contributed by atoms with Gasteiger partial charge in [-0.3, -0.25) is 4.98 Å². The number of hydrogen-bond acceptors (Lipinski definition) is 2. The summed E-state index contributed by atoms with van der Waals surface area (Å²) >= 11 is 0. The number of nitrogens with one attached hydrogen (secondary N) is 1. The monoisotopic (exact) mass is 218 g/mol. The third-order valence-electron chi connectivity index (χ3n) is 3.47. The first kappa shape index (κ1) is 11.4. The van der Waals surface area contributed by atoms with Crippen LogP contribution >= 0.6 is 0 Å². The van der Waals surface area contributed by atoms with Crippen molar-refractivity contribution >= 4 is 5.69 Å². The van der Waals surface area contributed by atoms with E-state index in [2.05, 4.69) is 23.3 Å². The summed E-state index contributed by atoms with van der Waals surface area (Å²) in [5.41, 5.74) is 2.33. The molecule has 0 bridgehead atoms. The van der Waals surface area contributed by atoms with E-state index in [9.17, 15) is 0 Å². The van der Waals surface area contributed by atoms with Crippen molar-refractivity contribution < 1.29 is 0 Å². The normalized spacial score (nSPS) is 18.8. The van der Waals surface area contributed by atoms with E-state index in [1.807, 2.05) is 12.3 Å². The van der Waals surface area contributed by atoms with Gasteiger partial charge >= 0.3 is 0 Å². The fourth-order valence-corrected chi connectivity index (χ4v) is 2.46. The van der Waals surface area contributed by atoms with Crippen molar-refractivity contribution in [2.45, 2.75) is 57.9 Å². The molecule has 2 rings (SSSR count). The van der Waals surface area contributed by atoms with Crippen LogP contribution in [0.4, 0.5) is 5.69 Å². The summed E-state index contributed by atoms with van der Waals surface area (Å²) < 4.78 is 0. The Morgan fingerprint density at radius 2 is 1.81 bits per heavy atom. The fourth-order valence-electron chi connectivity index (χ4n) is 2.46. The minimum absolute atomic E-state index is 0.656. The topological polar surface area (TPSA) is 24.9 Å². The lowest BCUT2D eigenvalue weighted by molar-refractivity contribution is 0.471. The Hall–Kier alpha value is -1.05. The third kappa shape index (κ3) is 3.22. The van der Waals surface area contributed by atoms with E-state index in [0.717, 1.165) is 5.69 Å². The summed E-state index contributed by atoms with van der Waals surface area (Å²) in [4.78, 5) is 4.32. The minimum atomic E-state index is 0.656. The smallest absolute Gasteiger partial charge is 0.0603 e. The van der Waals surface area contributed by atoms with Gasteiger partial charge in [0.25, 0.3) is 0 Å². The SMILES string of the molecule is Cc1ncccc1NC1CCCCCCC1. The van der Waals surface area contributed by atoms with Crippen LogP contribution in [0.1, 0.15) is 50.6 Å². The molecule has 1 saturated carbocycles. The van der Waals surface area contributed by atoms with Crippen LogP contribution in [0.3, 0.4) is 0 Å². The summed E-state index contributed by atoms with van der Waals surface area (Å²) in [6.07, 6.45) is 11.5. The van der Waals surface area contributed by atoms with Crippen LogP contribution in [0, 0.1) is 6.92 Å². The largest absolute Gasteiger partial charge is 0.381 e. The Morgan fingerprint density at radius 1 is 1.12 bits per heavy atom. The highest BCUT2D eigenvalue weighted by Gasteiger charge is 2.11. The average molecular weight is 218 g/mol. The summed E-state index contributed by atoms with van der Waals surface area (Å²) in [7, 11) is 0. The molecule has 0 amide bonds. The lowest BCUT2D eigenvalue weighted by Gasteiger charge is -2.22. The number of aromatic nitrogens is 1. The van der Waals surface area contributed by atoms with Crippen LogP contribution in [-0.4, -0.2) is 11.0 Å². The van der Waals surface area contributed by atoms with E-state index in [0.29, 0.717) is 6.04 Å². The zero-order valence-electron chi connectivity index (χ0n) is 10.2. The first-order valence-corrected chi connectivity index (χ1v) is 6.54. The number of rotatable bonds is 2. The van der Waals surface area contributed by atoms with E-state index in [1.165, 1.54) is 50.6 Å². The zero-order chi connectivity index (χ0) is 11.2. The maximum absolute atomic E-state index is 4.32. The number of pyridine rings is 1. The Balaban J connectivity index is 1.94. The molecule has 1 heterocycles. The molecular weight excluding hydrogens is 196 g/mol. The zero-order valence-corrected chi connectivity index (χ0v) is 10.2. The van der Waals surface area contributed by atoms with Crippen molar-refractivity contribution in [3.8, 4) is 0 Å². The van der Waals surface area contributed by atoms with Gasteiger partial charge in [-0.05, 0) is 31.9 Å². The van der Waals surface area contributed by atoms with Gasteiger partial charge < -0.3 is 5.32 Å². The maximum atomic E-state index is 4.32. The average Bonchev–Trinajstić information content (AvgIpc) is 2.24. The predicted octanol–water partition coefficient (Wildman–Crippen LogP) is 3.91. The molecule has 88 valence electrons. The molecular formula is C14H22N2. The first-order chi connectivity index (χ1) is 7.86. The molecule has 1 N–H and O–H groups in total. The minimum Gasteiger partial charge on any atom is -0.381 e. The predicted molar refractivity (Wildman–Crippen MR) is 68.7 cm³/mol. The fraction of sp³-hybridized carbons (Fsp3) is 0.643. The van der Waals surface area contributed by atoms with Crippen LogP contribution in [0.2, 0.25) is 0 Å². The summed E-state index contributed by atoms with van der Waals surface area (Å²) in [6, 6.07) is 4.81. The lowest BCUT2D eigenvalue weighted by Crippen LogP contribution is -2.21. The Labute approximate surface area is 98.5 Å². The molecule has 1 aromatic rings. The van der Waals surface area contributed by atoms with Crippen LogP contribution in [-0.2, 0) is 0 Å². The van der Waals surface area contributed by atoms with Gasteiger partial charge in [-0.15, -0.1) is 0 Å². The molecule has 0 unspecified atom stereocenters. The van der Waals surface area contributed by atoms with E-state index in [1.54, 1.807) is 0 Å². The van der Waals surface area contributed by atoms with Gasteiger partial charge in [0, 0.05) is 12.2 Å². The second kappa shape index (κ2) is 5.88. The number of hydrogen-bond donors (Lipinski definition) is 1. The maximum Gasteiger partial charge on any atom is 0.0603 e. The summed E-state index contributed by atoms with van der Waals surface area (Å²) in [5, 5.41) is 3.65. The second-order valence-electron chi connectivity index (χ2n) is 4.82. The van der Waals surface area contributed by atoms with E-state index >= 15 is 0 Å². The van der Waals surface area contributed by atoms with Crippen molar-refractivity contribution in [1.29, 1.82) is 0 Å². The molecule has 0 atom stereocenters. The standard InChI is InChI=1S/C14H22N2/c1-12-14(10-7-11-15-12)16-13-8-5-3-2-4-6-9-13/h7,10-11,13,16H,2-6,8-9H2,1H3. The molecule has 1 aromatic heterocycles. The highest BCUT2D eigenvalue weighted by molar-refractivity contribution is 5.47. The number of aryl methyl sites for hydroxylation is 1. The van der Waals surface area contributed by atoms with Gasteiger partial charge in [-0.1, -0.05) is 32.1 Å². The van der Waals surface area contributed by atoms with Crippen molar-refractivity contribution in [1.82, 2.24) is 4.98 Å². The van der Waals surface area contributed by atoms with E-state index < -0.39 is 0 Å². The molecule has 2 nitrogen and oxygen atoms in total. The molecule has 2 heteroatoms. The molecule has 16 heavy (non-hydrogen) atoms. The van der Waals surface area contributed by atoms with E-state index in [-0.39, 0.29) is 0 Å². The molecule has 1 aliphatic carbocycles. The molecule has 0 saturated heterocycles. The van der Waals surface area contributed by atoms with Gasteiger partial charge in [0.15, 0.2) is 0 Å². The first-order valence-electron chi connectivity index (χ1n) is 6.54. The molecule has 1 fully saturated rings. The number of anilines is 1. The quantitative estimate of drug-likeness (QED) is 0.814. The van der Waals surface area contributed by atoms with Crippen LogP contribution in [0.15, 0.2) is 18.3 Å². The van der Waals surface area contributed by atoms with Gasteiger partial charge in [-0.2, -0.15) is 0 Å². The third-order valence-corrected chi connectivity index (χ3v) is 3.47. The van der Waals surface area contributed by atoms with Gasteiger partial charge in [0.2, 0.25) is 0 Å². The van der Waals surface area contributed by atoms with Crippen molar-refractivity contribution in [2.75, 3.05) is 5.32 Å². The Kier molecular flexibility index (Phi) is 4.20. The Bertz CT molecular complexity index is 314. The lowest BCUT2D eigenvalue weighted by atomic mass is 9.96. The molecule has 0 radical (unpaired) electrons. The summed E-state index contributed by atoms with van der Waals surface area (Å²) in [6.45, 7) is 2.07. The second-order valence-corrected chi connectivity index (χ2v) is 4.82. The van der Waals surface area contributed by atoms with Crippen molar-refractivity contribution in [3.63, 3.8) is 0 Å². The summed E-state index contributed by atoms with van der Waals surface area (Å²) in [5.74, 6) is 0. The van der Waals surface area contributed by atoms with Crippen LogP contribution in [0.25, 0.3) is 0 Å². The Morgan fingerprint density at radius 3 is 2.50 bits per heavy atom.